The number of alkyl halides is 3. The highest BCUT2D eigenvalue weighted by Crippen LogP contribution is 2.35. The number of amides is 1. The second kappa shape index (κ2) is 14.2. The summed E-state index contributed by atoms with van der Waals surface area (Å²) in [6, 6.07) is 12.8. The molecule has 2 aliphatic rings. The van der Waals surface area contributed by atoms with Crippen molar-refractivity contribution in [1.82, 2.24) is 24.7 Å². The first-order valence-corrected chi connectivity index (χ1v) is 18.1. The van der Waals surface area contributed by atoms with Gasteiger partial charge in [0.25, 0.3) is 16.1 Å². The van der Waals surface area contributed by atoms with Crippen LogP contribution in [0.1, 0.15) is 64.2 Å². The number of hydrogen-bond donors (Lipinski definition) is 3. The lowest BCUT2D eigenvalue weighted by atomic mass is 10.1. The van der Waals surface area contributed by atoms with Crippen molar-refractivity contribution >= 4 is 56.3 Å². The van der Waals surface area contributed by atoms with Crippen LogP contribution in [0.5, 0.6) is 0 Å². The summed E-state index contributed by atoms with van der Waals surface area (Å²) in [4.78, 5) is 15.7. The Morgan fingerprint density at radius 1 is 1.04 bits per heavy atom. The summed E-state index contributed by atoms with van der Waals surface area (Å²) in [7, 11) is -3.89. The van der Waals surface area contributed by atoms with Crippen molar-refractivity contribution < 1.29 is 26.4 Å². The Morgan fingerprint density at radius 2 is 1.77 bits per heavy atom. The maximum absolute atomic E-state index is 14.4. The summed E-state index contributed by atoms with van der Waals surface area (Å²) >= 11 is 14.0. The summed E-state index contributed by atoms with van der Waals surface area (Å²) in [6.07, 6.45) is -0.190. The zero-order valence-electron chi connectivity index (χ0n) is 25.2. The number of nitrogens with zero attached hydrogens (tertiary/aromatic N) is 3. The molecule has 0 unspecified atom stereocenters. The lowest BCUT2D eigenvalue weighted by Gasteiger charge is -2.37. The van der Waals surface area contributed by atoms with E-state index < -0.39 is 27.9 Å². The zero-order valence-corrected chi connectivity index (χ0v) is 28.3. The summed E-state index contributed by atoms with van der Waals surface area (Å²) < 4.78 is 69.6. The van der Waals surface area contributed by atoms with Crippen LogP contribution < -0.4 is 14.5 Å². The first-order valence-electron chi connectivity index (χ1n) is 15.1. The van der Waals surface area contributed by atoms with Gasteiger partial charge in [-0.1, -0.05) is 41.5 Å². The van der Waals surface area contributed by atoms with E-state index in [1.165, 1.54) is 28.5 Å². The minimum atomic E-state index is -4.44. The third-order valence-corrected chi connectivity index (χ3v) is 10.5. The number of aromatic nitrogens is 2. The molecule has 16 heteroatoms. The van der Waals surface area contributed by atoms with E-state index in [1.54, 1.807) is 30.3 Å². The quantitative estimate of drug-likeness (QED) is 0.161. The third kappa shape index (κ3) is 8.23. The Morgan fingerprint density at radius 3 is 2.44 bits per heavy atom. The molecule has 0 atom stereocenters. The SMILES string of the molecule is O=C(c1n[nH]c(-c2ccc(C#Cc3ccc(C(F)(F)F)cc3)s2)c1CNS(=O)(=O)NC1CC1)N(c1ccc(Cl)cc1Cl)N1CCCCC1. The van der Waals surface area contributed by atoms with E-state index in [0.717, 1.165) is 44.2 Å². The number of thiophene rings is 1. The van der Waals surface area contributed by atoms with Crippen molar-refractivity contribution in [2.45, 2.75) is 50.9 Å². The summed E-state index contributed by atoms with van der Waals surface area (Å²) in [5.74, 6) is 5.32. The van der Waals surface area contributed by atoms with Crippen LogP contribution in [0.4, 0.5) is 18.9 Å². The Kier molecular flexibility index (Phi) is 10.2. The van der Waals surface area contributed by atoms with Crippen LogP contribution in [0.2, 0.25) is 10.0 Å². The molecule has 48 heavy (non-hydrogen) atoms. The Labute approximate surface area is 289 Å². The molecule has 1 saturated heterocycles. The molecule has 0 spiro atoms. The van der Waals surface area contributed by atoms with Crippen molar-refractivity contribution in [3.8, 4) is 22.4 Å². The standard InChI is InChI=1S/C32H29Cl2F3N6O3S2/c33-22-9-14-27(26(34)18-22)43(42-16-2-1-3-17-42)31(44)30-25(19-38-48(45,46)41-23-10-11-23)29(39-40-30)28-15-13-24(47-28)12-6-20-4-7-21(8-5-20)32(35,36)37/h4-5,7-9,13-15,18,23,38,41H,1-3,10-11,16-17,19H2,(H,39,40). The lowest BCUT2D eigenvalue weighted by Crippen LogP contribution is -2.49. The van der Waals surface area contributed by atoms with Gasteiger partial charge in [-0.15, -0.1) is 11.3 Å². The Hall–Kier alpha value is -3.42. The third-order valence-electron chi connectivity index (χ3n) is 7.75. The topological polar surface area (TPSA) is 110 Å². The Bertz CT molecular complexity index is 1980. The van der Waals surface area contributed by atoms with Crippen molar-refractivity contribution in [1.29, 1.82) is 0 Å². The predicted octanol–water partition coefficient (Wildman–Crippen LogP) is 7.00. The molecule has 2 fully saturated rings. The molecule has 2 aromatic heterocycles. The van der Waals surface area contributed by atoms with E-state index in [-0.39, 0.29) is 23.3 Å². The number of anilines is 1. The molecule has 1 amide bonds. The molecular formula is C32H29Cl2F3N6O3S2. The number of carbonyl (C=O) groups is 1. The van der Waals surface area contributed by atoms with Gasteiger partial charge in [-0.05, 0) is 80.3 Å². The molecule has 1 saturated carbocycles. The molecule has 3 heterocycles. The van der Waals surface area contributed by atoms with Gasteiger partial charge in [-0.3, -0.25) is 9.89 Å². The van der Waals surface area contributed by atoms with E-state index in [4.69, 9.17) is 23.2 Å². The van der Waals surface area contributed by atoms with E-state index >= 15 is 0 Å². The van der Waals surface area contributed by atoms with Crippen LogP contribution >= 0.6 is 34.5 Å². The lowest BCUT2D eigenvalue weighted by molar-refractivity contribution is -0.137. The molecule has 1 aliphatic carbocycles. The summed E-state index contributed by atoms with van der Waals surface area (Å²) in [5.41, 5.74) is 0.795. The van der Waals surface area contributed by atoms with Crippen LogP contribution in [0, 0.1) is 11.8 Å². The van der Waals surface area contributed by atoms with Crippen LogP contribution in [0.25, 0.3) is 10.6 Å². The number of carbonyl (C=O) groups excluding carboxylic acids is 1. The minimum absolute atomic E-state index is 0.00139. The molecule has 9 nitrogen and oxygen atoms in total. The van der Waals surface area contributed by atoms with Crippen molar-refractivity contribution in [3.63, 3.8) is 0 Å². The fraction of sp³-hybridized carbons (Fsp3) is 0.312. The van der Waals surface area contributed by atoms with E-state index in [2.05, 4.69) is 31.5 Å². The molecule has 3 N–H and O–H groups in total. The van der Waals surface area contributed by atoms with Gasteiger partial charge in [0.05, 0.1) is 31.7 Å². The van der Waals surface area contributed by atoms with Gasteiger partial charge in [0.1, 0.15) is 0 Å². The predicted molar refractivity (Wildman–Crippen MR) is 180 cm³/mol. The van der Waals surface area contributed by atoms with Gasteiger partial charge < -0.3 is 0 Å². The number of nitrogens with one attached hydrogen (secondary N) is 3. The average Bonchev–Trinajstić information content (AvgIpc) is 3.54. The van der Waals surface area contributed by atoms with Gasteiger partial charge >= 0.3 is 6.18 Å². The maximum atomic E-state index is 14.4. The van der Waals surface area contributed by atoms with Crippen molar-refractivity contribution in [2.24, 2.45) is 0 Å². The monoisotopic (exact) mass is 736 g/mol. The highest BCUT2D eigenvalue weighted by Gasteiger charge is 2.34. The molecule has 0 bridgehead atoms. The molecule has 1 aliphatic heterocycles. The Balaban J connectivity index is 1.34. The summed E-state index contributed by atoms with van der Waals surface area (Å²) in [6.45, 7) is 0.948. The zero-order chi connectivity index (χ0) is 34.1. The highest BCUT2D eigenvalue weighted by atomic mass is 35.5. The first kappa shape index (κ1) is 34.4. The van der Waals surface area contributed by atoms with Crippen LogP contribution in [-0.2, 0) is 22.9 Å². The van der Waals surface area contributed by atoms with E-state index in [9.17, 15) is 26.4 Å². The van der Waals surface area contributed by atoms with Gasteiger partial charge in [0.15, 0.2) is 5.69 Å². The van der Waals surface area contributed by atoms with Crippen LogP contribution in [0.3, 0.4) is 0 Å². The molecule has 252 valence electrons. The number of benzene rings is 2. The number of piperidine rings is 1. The van der Waals surface area contributed by atoms with Crippen molar-refractivity contribution in [2.75, 3.05) is 18.1 Å². The fourth-order valence-electron chi connectivity index (χ4n) is 5.18. The largest absolute Gasteiger partial charge is 0.416 e. The second-order valence-electron chi connectivity index (χ2n) is 11.4. The molecule has 2 aromatic carbocycles. The van der Waals surface area contributed by atoms with Crippen molar-refractivity contribution in [3.05, 3.63) is 91.9 Å². The summed E-state index contributed by atoms with van der Waals surface area (Å²) in [5, 5.41) is 11.4. The first-order chi connectivity index (χ1) is 22.9. The van der Waals surface area contributed by atoms with Gasteiger partial charge in [0, 0.05) is 41.8 Å². The number of rotatable bonds is 9. The van der Waals surface area contributed by atoms with Gasteiger partial charge in [-0.2, -0.15) is 36.1 Å². The normalized spacial score (nSPS) is 15.6. The minimum Gasteiger partial charge on any atom is -0.276 e. The number of H-pyrrole nitrogens is 1. The second-order valence-corrected chi connectivity index (χ2v) is 14.8. The number of halogens is 5. The van der Waals surface area contributed by atoms with E-state index in [1.807, 2.05) is 5.01 Å². The number of hydrogen-bond acceptors (Lipinski definition) is 6. The highest BCUT2D eigenvalue weighted by molar-refractivity contribution is 7.87. The molecule has 0 radical (unpaired) electrons. The van der Waals surface area contributed by atoms with E-state index in [0.29, 0.717) is 50.4 Å². The van der Waals surface area contributed by atoms with Crippen LogP contribution in [-0.4, -0.2) is 48.7 Å². The average molecular weight is 738 g/mol. The molecular weight excluding hydrogens is 708 g/mol. The van der Waals surface area contributed by atoms with Crippen LogP contribution in [0.15, 0.2) is 54.6 Å². The fourth-order valence-corrected chi connectivity index (χ4v) is 7.65. The molecule has 4 aromatic rings. The van der Waals surface area contributed by atoms with Gasteiger partial charge in [-0.25, -0.2) is 10.0 Å². The number of aromatic amines is 1. The molecule has 6 rings (SSSR count). The smallest absolute Gasteiger partial charge is 0.276 e. The maximum Gasteiger partial charge on any atom is 0.416 e. The van der Waals surface area contributed by atoms with Gasteiger partial charge in [0.2, 0.25) is 0 Å². The number of hydrazine groups is 1.